The zero-order valence-electron chi connectivity index (χ0n) is 15.2. The average Bonchev–Trinajstić information content (AvgIpc) is 2.56. The van der Waals surface area contributed by atoms with Gasteiger partial charge in [0.2, 0.25) is 0 Å². The molecule has 138 valence electrons. The molecule has 0 amide bonds. The highest BCUT2D eigenvalue weighted by Crippen LogP contribution is 2.54. The minimum absolute atomic E-state index is 0.0365. The number of fused-ring (bicyclic) bond motifs is 1. The van der Waals surface area contributed by atoms with Crippen molar-refractivity contribution in [2.24, 2.45) is 35.5 Å². The lowest BCUT2D eigenvalue weighted by Gasteiger charge is -2.51. The molecule has 0 saturated heterocycles. The van der Waals surface area contributed by atoms with Crippen molar-refractivity contribution in [3.63, 3.8) is 0 Å². The lowest BCUT2D eigenvalue weighted by molar-refractivity contribution is -0.170. The van der Waals surface area contributed by atoms with Crippen LogP contribution >= 0.6 is 0 Å². The maximum atomic E-state index is 12.1. The fourth-order valence-corrected chi connectivity index (χ4v) is 5.66. The highest BCUT2D eigenvalue weighted by atomic mass is 16.4. The van der Waals surface area contributed by atoms with Crippen LogP contribution in [0.15, 0.2) is 0 Å². The van der Waals surface area contributed by atoms with Crippen LogP contribution in [0.3, 0.4) is 0 Å². The van der Waals surface area contributed by atoms with Crippen LogP contribution in [0.25, 0.3) is 0 Å². The van der Waals surface area contributed by atoms with Crippen LogP contribution in [0, 0.1) is 35.5 Å². The number of aliphatic carboxylic acids is 2. The number of carboxylic acids is 2. The molecular formula is C20H34O4. The van der Waals surface area contributed by atoms with E-state index in [9.17, 15) is 19.8 Å². The van der Waals surface area contributed by atoms with Crippen LogP contribution in [0.4, 0.5) is 0 Å². The van der Waals surface area contributed by atoms with Crippen molar-refractivity contribution in [1.29, 1.82) is 0 Å². The Morgan fingerprint density at radius 3 is 1.79 bits per heavy atom. The Morgan fingerprint density at radius 2 is 1.29 bits per heavy atom. The summed E-state index contributed by atoms with van der Waals surface area (Å²) in [5.74, 6) is -2.22. The third-order valence-corrected chi connectivity index (χ3v) is 6.64. The minimum atomic E-state index is -0.881. The van der Waals surface area contributed by atoms with E-state index in [2.05, 4.69) is 13.8 Å². The van der Waals surface area contributed by atoms with E-state index in [0.29, 0.717) is 11.8 Å². The summed E-state index contributed by atoms with van der Waals surface area (Å²) in [7, 11) is 0. The third kappa shape index (κ3) is 3.94. The molecule has 0 aromatic rings. The first kappa shape index (κ1) is 19.3. The summed E-state index contributed by atoms with van der Waals surface area (Å²) in [6.45, 7) is 4.30. The van der Waals surface area contributed by atoms with E-state index in [-0.39, 0.29) is 11.8 Å². The molecule has 24 heavy (non-hydrogen) atoms. The Morgan fingerprint density at radius 1 is 0.792 bits per heavy atom. The first-order valence-electron chi connectivity index (χ1n) is 9.98. The lowest BCUT2D eigenvalue weighted by atomic mass is 9.52. The molecule has 2 rings (SSSR count). The largest absolute Gasteiger partial charge is 0.481 e. The number of hydrogen-bond acceptors (Lipinski definition) is 2. The molecule has 6 unspecified atom stereocenters. The first-order valence-corrected chi connectivity index (χ1v) is 9.98. The molecule has 2 aliphatic carbocycles. The van der Waals surface area contributed by atoms with E-state index in [4.69, 9.17) is 0 Å². The Hall–Kier alpha value is -1.06. The molecule has 0 radical (unpaired) electrons. The minimum Gasteiger partial charge on any atom is -0.481 e. The second-order valence-electron chi connectivity index (χ2n) is 7.95. The van der Waals surface area contributed by atoms with E-state index in [1.807, 2.05) is 0 Å². The van der Waals surface area contributed by atoms with Gasteiger partial charge in [0.25, 0.3) is 0 Å². The normalized spacial score (nSPS) is 36.1. The van der Waals surface area contributed by atoms with E-state index >= 15 is 0 Å². The zero-order valence-corrected chi connectivity index (χ0v) is 15.2. The van der Waals surface area contributed by atoms with Gasteiger partial charge in [-0.2, -0.15) is 0 Å². The van der Waals surface area contributed by atoms with Gasteiger partial charge in [0.15, 0.2) is 0 Å². The Kier molecular flexibility index (Phi) is 7.12. The van der Waals surface area contributed by atoms with Crippen LogP contribution in [-0.2, 0) is 9.59 Å². The van der Waals surface area contributed by atoms with E-state index in [1.54, 1.807) is 0 Å². The predicted octanol–water partition coefficient (Wildman–Crippen LogP) is 4.82. The molecule has 6 atom stereocenters. The summed E-state index contributed by atoms with van der Waals surface area (Å²) in [4.78, 5) is 24.1. The summed E-state index contributed by atoms with van der Waals surface area (Å²) in [5, 5.41) is 19.7. The topological polar surface area (TPSA) is 74.6 Å². The Balaban J connectivity index is 2.38. The van der Waals surface area contributed by atoms with Gasteiger partial charge < -0.3 is 10.2 Å². The van der Waals surface area contributed by atoms with Gasteiger partial charge in [-0.25, -0.2) is 0 Å². The van der Waals surface area contributed by atoms with Gasteiger partial charge >= 0.3 is 11.9 Å². The predicted molar refractivity (Wildman–Crippen MR) is 93.7 cm³/mol. The number of carbonyl (C=O) groups is 2. The molecule has 0 bridgehead atoms. The molecule has 0 aliphatic heterocycles. The van der Waals surface area contributed by atoms with Crippen molar-refractivity contribution in [2.75, 3.05) is 0 Å². The summed E-state index contributed by atoms with van der Waals surface area (Å²) >= 11 is 0. The molecule has 2 saturated carbocycles. The molecular weight excluding hydrogens is 304 g/mol. The van der Waals surface area contributed by atoms with Gasteiger partial charge in [0, 0.05) is 0 Å². The smallest absolute Gasteiger partial charge is 0.307 e. The molecule has 0 spiro atoms. The number of hydrogen-bond donors (Lipinski definition) is 2. The summed E-state index contributed by atoms with van der Waals surface area (Å²) in [6.07, 6.45) is 10.4. The van der Waals surface area contributed by atoms with Crippen LogP contribution in [0.1, 0.15) is 78.1 Å². The highest BCUT2D eigenvalue weighted by Gasteiger charge is 2.55. The molecule has 0 aromatic heterocycles. The van der Waals surface area contributed by atoms with E-state index in [1.165, 1.54) is 6.42 Å². The molecule has 4 heteroatoms. The maximum Gasteiger partial charge on any atom is 0.307 e. The summed E-state index contributed by atoms with van der Waals surface area (Å²) in [6, 6.07) is 0. The molecule has 2 fully saturated rings. The maximum absolute atomic E-state index is 12.1. The second-order valence-corrected chi connectivity index (χ2v) is 7.95. The second kappa shape index (κ2) is 8.87. The van der Waals surface area contributed by atoms with Crippen LogP contribution < -0.4 is 0 Å². The first-order chi connectivity index (χ1) is 11.5. The van der Waals surface area contributed by atoms with Crippen molar-refractivity contribution < 1.29 is 19.8 Å². The number of carboxylic acid groups (broad SMARTS) is 2. The Bertz CT molecular complexity index is 433. The summed E-state index contributed by atoms with van der Waals surface area (Å²) in [5.41, 5.74) is 0. The van der Waals surface area contributed by atoms with Gasteiger partial charge in [0.1, 0.15) is 0 Å². The van der Waals surface area contributed by atoms with Crippen LogP contribution in [0.5, 0.6) is 0 Å². The molecule has 0 aromatic carbocycles. The van der Waals surface area contributed by atoms with Gasteiger partial charge in [0.05, 0.1) is 11.8 Å². The van der Waals surface area contributed by atoms with Crippen molar-refractivity contribution >= 4 is 11.9 Å². The van der Waals surface area contributed by atoms with E-state index in [0.717, 1.165) is 57.8 Å². The Labute approximate surface area is 146 Å². The van der Waals surface area contributed by atoms with Gasteiger partial charge in [-0.05, 0) is 49.4 Å². The van der Waals surface area contributed by atoms with Crippen LogP contribution in [0.2, 0.25) is 0 Å². The van der Waals surface area contributed by atoms with Crippen molar-refractivity contribution in [3.8, 4) is 0 Å². The molecule has 2 aliphatic rings. The summed E-state index contributed by atoms with van der Waals surface area (Å²) < 4.78 is 0. The van der Waals surface area contributed by atoms with Gasteiger partial charge in [-0.3, -0.25) is 9.59 Å². The van der Waals surface area contributed by atoms with Gasteiger partial charge in [-0.15, -0.1) is 0 Å². The van der Waals surface area contributed by atoms with E-state index < -0.39 is 23.8 Å². The number of unbranched alkanes of at least 4 members (excludes halogenated alkanes) is 2. The average molecular weight is 338 g/mol. The third-order valence-electron chi connectivity index (χ3n) is 6.64. The lowest BCUT2D eigenvalue weighted by Crippen LogP contribution is -2.52. The zero-order chi connectivity index (χ0) is 17.7. The quantitative estimate of drug-likeness (QED) is 0.665. The van der Waals surface area contributed by atoms with Crippen LogP contribution in [-0.4, -0.2) is 22.2 Å². The molecule has 2 N–H and O–H groups in total. The van der Waals surface area contributed by atoms with Crippen molar-refractivity contribution in [3.05, 3.63) is 0 Å². The van der Waals surface area contributed by atoms with Gasteiger partial charge in [-0.1, -0.05) is 52.4 Å². The van der Waals surface area contributed by atoms with Crippen molar-refractivity contribution in [1.82, 2.24) is 0 Å². The monoisotopic (exact) mass is 338 g/mol. The fraction of sp³-hybridized carbons (Fsp3) is 0.900. The SMILES string of the molecule is CCCCC1C2CCCCC2C(C(=O)O)C(C(=O)O)C1CCCC. The standard InChI is InChI=1S/C20H34O4/c1-3-5-9-13-14-11-7-8-12-16(14)18(20(23)24)17(19(21)22)15(13)10-6-4-2/h13-18H,3-12H2,1-2H3,(H,21,22)(H,23,24). The molecule has 0 heterocycles. The number of rotatable bonds is 8. The highest BCUT2D eigenvalue weighted by molar-refractivity contribution is 5.81. The fourth-order valence-electron chi connectivity index (χ4n) is 5.66. The molecule has 4 nitrogen and oxygen atoms in total. The van der Waals surface area contributed by atoms with Crippen molar-refractivity contribution in [2.45, 2.75) is 78.1 Å².